The first-order valence-corrected chi connectivity index (χ1v) is 8.41. The van der Waals surface area contributed by atoms with Crippen LogP contribution in [0.2, 0.25) is 0 Å². The molecular formula is C18H27BO3. The summed E-state index contributed by atoms with van der Waals surface area (Å²) < 4.78 is 18.7. The summed E-state index contributed by atoms with van der Waals surface area (Å²) in [5.41, 5.74) is 1.56. The summed E-state index contributed by atoms with van der Waals surface area (Å²) in [6.07, 6.45) is 5.17. The molecule has 2 fully saturated rings. The lowest BCUT2D eigenvalue weighted by Crippen LogP contribution is -2.41. The second-order valence-corrected chi connectivity index (χ2v) is 7.65. The lowest BCUT2D eigenvalue weighted by Gasteiger charge is -2.32. The van der Waals surface area contributed by atoms with Crippen LogP contribution >= 0.6 is 0 Å². The average molecular weight is 302 g/mol. The Morgan fingerprint density at radius 2 is 1.64 bits per heavy atom. The minimum atomic E-state index is -0.359. The van der Waals surface area contributed by atoms with Crippen molar-refractivity contribution in [3.05, 3.63) is 23.8 Å². The molecule has 0 atom stereocenters. The maximum absolute atomic E-state index is 6.28. The van der Waals surface area contributed by atoms with Gasteiger partial charge in [0.1, 0.15) is 5.75 Å². The molecule has 3 nitrogen and oxygen atoms in total. The molecule has 0 amide bonds. The third kappa shape index (κ3) is 2.91. The molecule has 22 heavy (non-hydrogen) atoms. The first kappa shape index (κ1) is 15.9. The van der Waals surface area contributed by atoms with E-state index in [1.165, 1.54) is 18.4 Å². The summed E-state index contributed by atoms with van der Waals surface area (Å²) in [5.74, 6) is 0.922. The molecule has 0 spiro atoms. The lowest BCUT2D eigenvalue weighted by molar-refractivity contribution is 0.00578. The highest BCUT2D eigenvalue weighted by atomic mass is 16.7. The standard InChI is InChI=1S/C18H27BO3/c1-13-10-11-15(16(12-13)20-14-8-6-7-9-14)19-21-17(2,3)18(4,5)22-19/h10-12,14H,6-9H2,1-5H3. The fraction of sp³-hybridized carbons (Fsp3) is 0.667. The molecule has 2 aliphatic rings. The summed E-state index contributed by atoms with van der Waals surface area (Å²) in [4.78, 5) is 0. The van der Waals surface area contributed by atoms with Crippen molar-refractivity contribution in [3.8, 4) is 5.75 Å². The highest BCUT2D eigenvalue weighted by Crippen LogP contribution is 2.37. The van der Waals surface area contributed by atoms with Crippen molar-refractivity contribution < 1.29 is 14.0 Å². The third-order valence-corrected chi connectivity index (χ3v) is 5.27. The number of benzene rings is 1. The molecule has 0 N–H and O–H groups in total. The molecular weight excluding hydrogens is 275 g/mol. The Morgan fingerprint density at radius 3 is 2.23 bits per heavy atom. The highest BCUT2D eigenvalue weighted by Gasteiger charge is 2.52. The molecule has 1 aliphatic carbocycles. The predicted molar refractivity (Wildman–Crippen MR) is 89.8 cm³/mol. The average Bonchev–Trinajstić information content (AvgIpc) is 2.96. The molecule has 1 aliphatic heterocycles. The first-order valence-electron chi connectivity index (χ1n) is 8.41. The van der Waals surface area contributed by atoms with E-state index in [1.807, 2.05) is 0 Å². The number of aryl methyl sites for hydroxylation is 1. The van der Waals surface area contributed by atoms with Gasteiger partial charge < -0.3 is 14.0 Å². The van der Waals surface area contributed by atoms with E-state index in [-0.39, 0.29) is 18.3 Å². The molecule has 1 aromatic carbocycles. The minimum Gasteiger partial charge on any atom is -0.491 e. The van der Waals surface area contributed by atoms with E-state index >= 15 is 0 Å². The van der Waals surface area contributed by atoms with Crippen molar-refractivity contribution >= 4 is 12.6 Å². The van der Waals surface area contributed by atoms with Gasteiger partial charge in [-0.15, -0.1) is 0 Å². The van der Waals surface area contributed by atoms with E-state index in [0.29, 0.717) is 6.10 Å². The van der Waals surface area contributed by atoms with Crippen molar-refractivity contribution in [1.82, 2.24) is 0 Å². The van der Waals surface area contributed by atoms with Gasteiger partial charge in [-0.1, -0.05) is 12.1 Å². The van der Waals surface area contributed by atoms with Crippen molar-refractivity contribution in [2.24, 2.45) is 0 Å². The summed E-state index contributed by atoms with van der Waals surface area (Å²) in [7, 11) is -0.359. The Morgan fingerprint density at radius 1 is 1.05 bits per heavy atom. The Balaban J connectivity index is 1.87. The molecule has 0 radical (unpaired) electrons. The van der Waals surface area contributed by atoms with Gasteiger partial charge in [0, 0.05) is 5.46 Å². The van der Waals surface area contributed by atoms with Crippen LogP contribution in [0.25, 0.3) is 0 Å². The monoisotopic (exact) mass is 302 g/mol. The van der Waals surface area contributed by atoms with Gasteiger partial charge in [0.25, 0.3) is 0 Å². The Kier molecular flexibility index (Phi) is 4.02. The van der Waals surface area contributed by atoms with E-state index in [9.17, 15) is 0 Å². The topological polar surface area (TPSA) is 27.7 Å². The van der Waals surface area contributed by atoms with Crippen LogP contribution in [0.4, 0.5) is 0 Å². The zero-order valence-electron chi connectivity index (χ0n) is 14.4. The Hall–Kier alpha value is -0.995. The SMILES string of the molecule is Cc1ccc(B2OC(C)(C)C(C)(C)O2)c(OC2CCCC2)c1. The molecule has 3 rings (SSSR count). The van der Waals surface area contributed by atoms with E-state index in [0.717, 1.165) is 24.1 Å². The molecule has 1 aromatic rings. The molecule has 1 heterocycles. The van der Waals surface area contributed by atoms with E-state index in [2.05, 4.69) is 52.8 Å². The van der Waals surface area contributed by atoms with E-state index < -0.39 is 0 Å². The summed E-state index contributed by atoms with van der Waals surface area (Å²) in [6, 6.07) is 6.29. The number of ether oxygens (including phenoxy) is 1. The second-order valence-electron chi connectivity index (χ2n) is 7.65. The van der Waals surface area contributed by atoms with Gasteiger partial charge in [0.05, 0.1) is 17.3 Å². The quantitative estimate of drug-likeness (QED) is 0.798. The smallest absolute Gasteiger partial charge is 0.491 e. The second kappa shape index (κ2) is 5.57. The van der Waals surface area contributed by atoms with Crippen molar-refractivity contribution in [1.29, 1.82) is 0 Å². The Bertz CT molecular complexity index is 531. The van der Waals surface area contributed by atoms with Crippen LogP contribution in [-0.2, 0) is 9.31 Å². The molecule has 0 aromatic heterocycles. The van der Waals surface area contributed by atoms with Crippen LogP contribution < -0.4 is 10.2 Å². The number of rotatable bonds is 3. The number of hydrogen-bond acceptors (Lipinski definition) is 3. The van der Waals surface area contributed by atoms with E-state index in [4.69, 9.17) is 14.0 Å². The molecule has 120 valence electrons. The molecule has 0 unspecified atom stereocenters. The first-order chi connectivity index (χ1) is 10.3. The number of hydrogen-bond donors (Lipinski definition) is 0. The van der Waals surface area contributed by atoms with Gasteiger partial charge in [-0.3, -0.25) is 0 Å². The summed E-state index contributed by atoms with van der Waals surface area (Å²) >= 11 is 0. The van der Waals surface area contributed by atoms with Gasteiger partial charge >= 0.3 is 7.12 Å². The molecule has 1 saturated carbocycles. The van der Waals surface area contributed by atoms with Crippen LogP contribution in [-0.4, -0.2) is 24.4 Å². The van der Waals surface area contributed by atoms with Crippen LogP contribution in [0.5, 0.6) is 5.75 Å². The summed E-state index contributed by atoms with van der Waals surface area (Å²) in [6.45, 7) is 10.4. The zero-order chi connectivity index (χ0) is 16.0. The van der Waals surface area contributed by atoms with Crippen molar-refractivity contribution in [2.75, 3.05) is 0 Å². The van der Waals surface area contributed by atoms with Gasteiger partial charge in [0.2, 0.25) is 0 Å². The Labute approximate surface area is 134 Å². The normalized spacial score (nSPS) is 24.0. The zero-order valence-corrected chi connectivity index (χ0v) is 14.4. The van der Waals surface area contributed by atoms with Gasteiger partial charge in [-0.2, -0.15) is 0 Å². The van der Waals surface area contributed by atoms with E-state index in [1.54, 1.807) is 0 Å². The predicted octanol–water partition coefficient (Wildman–Crippen LogP) is 3.62. The molecule has 4 heteroatoms. The fourth-order valence-corrected chi connectivity index (χ4v) is 3.09. The fourth-order valence-electron chi connectivity index (χ4n) is 3.09. The van der Waals surface area contributed by atoms with Crippen molar-refractivity contribution in [2.45, 2.75) is 77.6 Å². The maximum atomic E-state index is 6.28. The minimum absolute atomic E-state index is 0.326. The van der Waals surface area contributed by atoms with Gasteiger partial charge in [-0.05, 0) is 71.9 Å². The highest BCUT2D eigenvalue weighted by molar-refractivity contribution is 6.63. The van der Waals surface area contributed by atoms with Gasteiger partial charge in [0.15, 0.2) is 0 Å². The summed E-state index contributed by atoms with van der Waals surface area (Å²) in [5, 5.41) is 0. The third-order valence-electron chi connectivity index (χ3n) is 5.27. The van der Waals surface area contributed by atoms with Crippen LogP contribution in [0.15, 0.2) is 18.2 Å². The van der Waals surface area contributed by atoms with Crippen molar-refractivity contribution in [3.63, 3.8) is 0 Å². The lowest BCUT2D eigenvalue weighted by atomic mass is 9.78. The van der Waals surface area contributed by atoms with Crippen LogP contribution in [0.3, 0.4) is 0 Å². The van der Waals surface area contributed by atoms with Crippen LogP contribution in [0.1, 0.15) is 58.9 Å². The largest absolute Gasteiger partial charge is 0.498 e. The maximum Gasteiger partial charge on any atom is 0.498 e. The molecule has 1 saturated heterocycles. The van der Waals surface area contributed by atoms with Crippen LogP contribution in [0, 0.1) is 6.92 Å². The van der Waals surface area contributed by atoms with Gasteiger partial charge in [-0.25, -0.2) is 0 Å². The molecule has 0 bridgehead atoms.